The highest BCUT2D eigenvalue weighted by atomic mass is 32.2. The largest absolute Gasteiger partial charge is 0.491 e. The van der Waals surface area contributed by atoms with Gasteiger partial charge in [-0.2, -0.15) is 18.3 Å². The molecule has 1 heterocycles. The summed E-state index contributed by atoms with van der Waals surface area (Å²) in [5.74, 6) is 0.0252. The first-order chi connectivity index (χ1) is 11.6. The third-order valence-corrected chi connectivity index (χ3v) is 4.97. The molecule has 1 aromatic carbocycles. The Morgan fingerprint density at radius 2 is 1.96 bits per heavy atom. The van der Waals surface area contributed by atoms with E-state index in [4.69, 9.17) is 4.74 Å². The summed E-state index contributed by atoms with van der Waals surface area (Å²) in [5, 5.41) is 6.33. The molecule has 0 fully saturated rings. The standard InChI is InChI=1S/C15H18F3N3O3S/c1-4-7-24-13-6-5-11(15(16,17)18)8-12(13)21-25(22,23)14-9(2)19-20-10(14)3/h5-6,8,21H,4,7H2,1-3H3,(H,19,20). The average molecular weight is 377 g/mol. The molecule has 0 saturated heterocycles. The Balaban J connectivity index is 2.48. The number of halogens is 3. The van der Waals surface area contributed by atoms with Crippen molar-refractivity contribution in [3.63, 3.8) is 0 Å². The molecular weight excluding hydrogens is 359 g/mol. The highest BCUT2D eigenvalue weighted by Gasteiger charge is 2.32. The minimum absolute atomic E-state index is 0.0252. The highest BCUT2D eigenvalue weighted by Crippen LogP contribution is 2.36. The number of rotatable bonds is 6. The molecule has 0 aliphatic carbocycles. The maximum absolute atomic E-state index is 13.0. The van der Waals surface area contributed by atoms with Gasteiger partial charge in [-0.25, -0.2) is 8.42 Å². The molecular formula is C15H18F3N3O3S. The van der Waals surface area contributed by atoms with Crippen LogP contribution in [0, 0.1) is 13.8 Å². The molecule has 138 valence electrons. The lowest BCUT2D eigenvalue weighted by Crippen LogP contribution is -2.16. The zero-order chi connectivity index (χ0) is 18.8. The molecule has 0 aliphatic rings. The van der Waals surface area contributed by atoms with Crippen LogP contribution >= 0.6 is 0 Å². The van der Waals surface area contributed by atoms with Crippen LogP contribution in [0.5, 0.6) is 5.75 Å². The summed E-state index contributed by atoms with van der Waals surface area (Å²) >= 11 is 0. The fraction of sp³-hybridized carbons (Fsp3) is 0.400. The summed E-state index contributed by atoms with van der Waals surface area (Å²) in [7, 11) is -4.13. The second-order valence-electron chi connectivity index (χ2n) is 5.43. The van der Waals surface area contributed by atoms with Crippen molar-refractivity contribution in [1.82, 2.24) is 10.2 Å². The van der Waals surface area contributed by atoms with Gasteiger partial charge in [0.25, 0.3) is 10.0 Å². The minimum Gasteiger partial charge on any atom is -0.491 e. The molecule has 0 aliphatic heterocycles. The third-order valence-electron chi connectivity index (χ3n) is 3.34. The van der Waals surface area contributed by atoms with E-state index in [9.17, 15) is 21.6 Å². The number of ether oxygens (including phenoxy) is 1. The number of aryl methyl sites for hydroxylation is 2. The Bertz CT molecular complexity index is 841. The van der Waals surface area contributed by atoms with Gasteiger partial charge in [-0.05, 0) is 38.5 Å². The quantitative estimate of drug-likeness (QED) is 0.805. The van der Waals surface area contributed by atoms with Gasteiger partial charge in [0.05, 0.1) is 29.2 Å². The van der Waals surface area contributed by atoms with Crippen LogP contribution in [0.3, 0.4) is 0 Å². The zero-order valence-corrected chi connectivity index (χ0v) is 14.7. The van der Waals surface area contributed by atoms with Gasteiger partial charge in [-0.3, -0.25) is 9.82 Å². The first-order valence-electron chi connectivity index (χ1n) is 7.44. The normalized spacial score (nSPS) is 12.2. The van der Waals surface area contributed by atoms with Crippen LogP contribution in [-0.2, 0) is 16.2 Å². The van der Waals surface area contributed by atoms with Crippen molar-refractivity contribution in [2.45, 2.75) is 38.3 Å². The van der Waals surface area contributed by atoms with Crippen molar-refractivity contribution in [2.24, 2.45) is 0 Å². The van der Waals surface area contributed by atoms with Crippen LogP contribution in [0.15, 0.2) is 23.1 Å². The van der Waals surface area contributed by atoms with Crippen LogP contribution in [0.1, 0.15) is 30.3 Å². The van der Waals surface area contributed by atoms with E-state index >= 15 is 0 Å². The predicted octanol–water partition coefficient (Wildman–Crippen LogP) is 3.63. The Kier molecular flexibility index (Phi) is 5.31. The van der Waals surface area contributed by atoms with Gasteiger partial charge in [-0.15, -0.1) is 0 Å². The lowest BCUT2D eigenvalue weighted by Gasteiger charge is -2.16. The van der Waals surface area contributed by atoms with Gasteiger partial charge in [0.2, 0.25) is 0 Å². The summed E-state index contributed by atoms with van der Waals surface area (Å²) in [5.41, 5.74) is -0.751. The number of aromatic nitrogens is 2. The molecule has 2 aromatic rings. The maximum atomic E-state index is 13.0. The molecule has 2 rings (SSSR count). The van der Waals surface area contributed by atoms with Crippen LogP contribution in [0.4, 0.5) is 18.9 Å². The summed E-state index contributed by atoms with van der Waals surface area (Å²) in [6.07, 6.45) is -3.99. The van der Waals surface area contributed by atoms with E-state index in [0.29, 0.717) is 12.5 Å². The van der Waals surface area contributed by atoms with Gasteiger partial charge in [0.1, 0.15) is 10.6 Å². The van der Waals surface area contributed by atoms with Crippen LogP contribution in [-0.4, -0.2) is 25.2 Å². The SMILES string of the molecule is CCCOc1ccc(C(F)(F)F)cc1NS(=O)(=O)c1c(C)n[nH]c1C. The van der Waals surface area contributed by atoms with E-state index in [-0.39, 0.29) is 34.3 Å². The van der Waals surface area contributed by atoms with E-state index in [2.05, 4.69) is 14.9 Å². The molecule has 0 amide bonds. The van der Waals surface area contributed by atoms with Crippen molar-refractivity contribution >= 4 is 15.7 Å². The van der Waals surface area contributed by atoms with Gasteiger partial charge in [0.15, 0.2) is 0 Å². The first-order valence-corrected chi connectivity index (χ1v) is 8.93. The molecule has 2 N–H and O–H groups in total. The van der Waals surface area contributed by atoms with E-state index < -0.39 is 21.8 Å². The lowest BCUT2D eigenvalue weighted by atomic mass is 10.2. The fourth-order valence-corrected chi connectivity index (χ4v) is 3.69. The number of benzene rings is 1. The van der Waals surface area contributed by atoms with Gasteiger partial charge in [0, 0.05) is 0 Å². The van der Waals surface area contributed by atoms with E-state index in [0.717, 1.165) is 12.1 Å². The van der Waals surface area contributed by atoms with Gasteiger partial charge < -0.3 is 4.74 Å². The molecule has 1 aromatic heterocycles. The third kappa shape index (κ3) is 4.25. The second kappa shape index (κ2) is 6.95. The lowest BCUT2D eigenvalue weighted by molar-refractivity contribution is -0.137. The van der Waals surface area contributed by atoms with Crippen LogP contribution in [0.25, 0.3) is 0 Å². The van der Waals surface area contributed by atoms with Crippen molar-refractivity contribution < 1.29 is 26.3 Å². The molecule has 0 bridgehead atoms. The summed E-state index contributed by atoms with van der Waals surface area (Å²) in [4.78, 5) is -0.105. The Hall–Kier alpha value is -2.23. The van der Waals surface area contributed by atoms with Crippen molar-refractivity contribution in [2.75, 3.05) is 11.3 Å². The molecule has 0 unspecified atom stereocenters. The number of hydrogen-bond donors (Lipinski definition) is 2. The molecule has 0 atom stereocenters. The van der Waals surface area contributed by atoms with Crippen molar-refractivity contribution in [1.29, 1.82) is 0 Å². The summed E-state index contributed by atoms with van der Waals surface area (Å²) in [6, 6.07) is 2.66. The fourth-order valence-electron chi connectivity index (χ4n) is 2.26. The highest BCUT2D eigenvalue weighted by molar-refractivity contribution is 7.92. The number of anilines is 1. The van der Waals surface area contributed by atoms with E-state index in [1.54, 1.807) is 0 Å². The smallest absolute Gasteiger partial charge is 0.416 e. The Morgan fingerprint density at radius 1 is 1.28 bits per heavy atom. The molecule has 0 spiro atoms. The number of aromatic amines is 1. The minimum atomic E-state index is -4.61. The van der Waals surface area contributed by atoms with Crippen LogP contribution in [0.2, 0.25) is 0 Å². The maximum Gasteiger partial charge on any atom is 0.416 e. The van der Waals surface area contributed by atoms with E-state index in [1.165, 1.54) is 13.8 Å². The van der Waals surface area contributed by atoms with Crippen molar-refractivity contribution in [3.05, 3.63) is 35.2 Å². The topological polar surface area (TPSA) is 84.1 Å². The predicted molar refractivity (Wildman–Crippen MR) is 86.1 cm³/mol. The first kappa shape index (κ1) is 19.1. The number of nitrogens with one attached hydrogen (secondary N) is 2. The van der Waals surface area contributed by atoms with Gasteiger partial charge in [-0.1, -0.05) is 6.92 Å². The monoisotopic (exact) mass is 377 g/mol. The molecule has 0 radical (unpaired) electrons. The molecule has 10 heteroatoms. The summed E-state index contributed by atoms with van der Waals surface area (Å²) in [6.45, 7) is 5.06. The number of nitrogens with zero attached hydrogens (tertiary/aromatic N) is 1. The zero-order valence-electron chi connectivity index (χ0n) is 13.9. The summed E-state index contributed by atoms with van der Waals surface area (Å²) < 4.78 is 71.6. The van der Waals surface area contributed by atoms with Gasteiger partial charge >= 0.3 is 6.18 Å². The van der Waals surface area contributed by atoms with E-state index in [1.807, 2.05) is 6.92 Å². The number of alkyl halides is 3. The Labute approximate surface area is 143 Å². The van der Waals surface area contributed by atoms with Crippen LogP contribution < -0.4 is 9.46 Å². The molecule has 6 nitrogen and oxygen atoms in total. The average Bonchev–Trinajstić information content (AvgIpc) is 2.84. The van der Waals surface area contributed by atoms with Crippen molar-refractivity contribution in [3.8, 4) is 5.75 Å². The number of hydrogen-bond acceptors (Lipinski definition) is 4. The number of H-pyrrole nitrogens is 1. The molecule has 25 heavy (non-hydrogen) atoms. The Morgan fingerprint density at radius 3 is 2.48 bits per heavy atom. The number of sulfonamides is 1. The molecule has 0 saturated carbocycles. The second-order valence-corrected chi connectivity index (χ2v) is 7.05.